The lowest BCUT2D eigenvalue weighted by Crippen LogP contribution is -2.35. The van der Waals surface area contributed by atoms with Crippen LogP contribution in [0.2, 0.25) is 10.0 Å². The van der Waals surface area contributed by atoms with Crippen LogP contribution in [0, 0.1) is 6.92 Å². The average Bonchev–Trinajstić information content (AvgIpc) is 2.58. The summed E-state index contributed by atoms with van der Waals surface area (Å²) in [6.07, 6.45) is 0. The van der Waals surface area contributed by atoms with E-state index in [4.69, 9.17) is 27.9 Å². The topological polar surface area (TPSA) is 84.5 Å². The van der Waals surface area contributed by atoms with Crippen LogP contribution in [0.3, 0.4) is 0 Å². The van der Waals surface area contributed by atoms with Crippen molar-refractivity contribution in [2.24, 2.45) is 0 Å². The summed E-state index contributed by atoms with van der Waals surface area (Å²) in [6.45, 7) is 3.89. The summed E-state index contributed by atoms with van der Waals surface area (Å²) in [4.78, 5) is 12.3. The fourth-order valence-corrected chi connectivity index (χ4v) is 3.77. The Kier molecular flexibility index (Phi) is 7.11. The first-order valence-corrected chi connectivity index (χ1v) is 10.3. The summed E-state index contributed by atoms with van der Waals surface area (Å²) >= 11 is 12.1. The molecule has 2 N–H and O–H groups in total. The first kappa shape index (κ1) is 21.5. The highest BCUT2D eigenvalue weighted by molar-refractivity contribution is 7.92. The molecule has 2 rings (SSSR count). The molecule has 0 saturated heterocycles. The molecular weight excluding hydrogens is 411 g/mol. The molecule has 1 amide bonds. The minimum atomic E-state index is -3.93. The van der Waals surface area contributed by atoms with Crippen molar-refractivity contribution >= 4 is 44.8 Å². The number of sulfonamides is 1. The Morgan fingerprint density at radius 3 is 2.48 bits per heavy atom. The third-order valence-corrected chi connectivity index (χ3v) is 5.83. The minimum Gasteiger partial charge on any atom is -0.383 e. The molecule has 9 heteroatoms. The zero-order valence-electron chi connectivity index (χ0n) is 15.0. The molecule has 6 nitrogen and oxygen atoms in total. The number of aryl methyl sites for hydroxylation is 1. The normalized spacial score (nSPS) is 12.5. The molecular formula is C18H20Cl2N2O4S. The molecule has 27 heavy (non-hydrogen) atoms. The predicted molar refractivity (Wildman–Crippen MR) is 107 cm³/mol. The molecule has 0 heterocycles. The van der Waals surface area contributed by atoms with Crippen molar-refractivity contribution in [1.82, 2.24) is 5.32 Å². The Balaban J connectivity index is 2.29. The Morgan fingerprint density at radius 1 is 1.15 bits per heavy atom. The molecule has 0 radical (unpaired) electrons. The molecule has 0 saturated carbocycles. The summed E-state index contributed by atoms with van der Waals surface area (Å²) in [5, 5.41) is 3.29. The van der Waals surface area contributed by atoms with Gasteiger partial charge in [-0.25, -0.2) is 8.42 Å². The van der Waals surface area contributed by atoms with Crippen molar-refractivity contribution in [3.8, 4) is 0 Å². The number of hydrogen-bond donors (Lipinski definition) is 2. The van der Waals surface area contributed by atoms with Gasteiger partial charge in [0, 0.05) is 18.2 Å². The lowest BCUT2D eigenvalue weighted by Gasteiger charge is -2.15. The predicted octanol–water partition coefficient (Wildman–Crippen LogP) is 3.87. The zero-order chi connectivity index (χ0) is 20.2. The smallest absolute Gasteiger partial charge is 0.261 e. The number of nitrogens with one attached hydrogen (secondary N) is 2. The van der Waals surface area contributed by atoms with Crippen LogP contribution >= 0.6 is 23.2 Å². The van der Waals surface area contributed by atoms with Crippen molar-refractivity contribution in [3.05, 3.63) is 57.6 Å². The van der Waals surface area contributed by atoms with E-state index in [1.807, 2.05) is 6.92 Å². The molecule has 0 aromatic heterocycles. The van der Waals surface area contributed by atoms with Crippen LogP contribution in [-0.2, 0) is 14.8 Å². The highest BCUT2D eigenvalue weighted by Gasteiger charge is 2.20. The highest BCUT2D eigenvalue weighted by atomic mass is 35.5. The molecule has 2 aromatic carbocycles. The number of amides is 1. The first-order valence-electron chi connectivity index (χ1n) is 8.02. The molecule has 146 valence electrons. The Hall–Kier alpha value is -1.80. The maximum absolute atomic E-state index is 12.7. The number of carbonyl (C=O) groups excluding carboxylic acids is 1. The Labute approximate surface area is 168 Å². The first-order chi connectivity index (χ1) is 12.6. The van der Waals surface area contributed by atoms with Gasteiger partial charge in [0.25, 0.3) is 15.9 Å². The van der Waals surface area contributed by atoms with Gasteiger partial charge in [-0.3, -0.25) is 9.52 Å². The van der Waals surface area contributed by atoms with E-state index >= 15 is 0 Å². The molecule has 0 fully saturated rings. The summed E-state index contributed by atoms with van der Waals surface area (Å²) in [5.74, 6) is -0.486. The fraction of sp³-hybridized carbons (Fsp3) is 0.278. The molecule has 0 aliphatic heterocycles. The number of carbonyl (C=O) groups is 1. The van der Waals surface area contributed by atoms with Crippen LogP contribution in [-0.4, -0.2) is 34.1 Å². The van der Waals surface area contributed by atoms with Crippen molar-refractivity contribution < 1.29 is 17.9 Å². The summed E-state index contributed by atoms with van der Waals surface area (Å²) < 4.78 is 32.7. The van der Waals surface area contributed by atoms with Gasteiger partial charge < -0.3 is 10.1 Å². The number of benzene rings is 2. The lowest BCUT2D eigenvalue weighted by molar-refractivity contribution is 0.0905. The van der Waals surface area contributed by atoms with Crippen molar-refractivity contribution in [1.29, 1.82) is 0 Å². The van der Waals surface area contributed by atoms with E-state index in [1.54, 1.807) is 19.1 Å². The minimum absolute atomic E-state index is 0.0597. The largest absolute Gasteiger partial charge is 0.383 e. The lowest BCUT2D eigenvalue weighted by atomic mass is 10.2. The van der Waals surface area contributed by atoms with Gasteiger partial charge in [0.15, 0.2) is 0 Å². The number of anilines is 1. The number of halogens is 2. The quantitative estimate of drug-likeness (QED) is 0.697. The number of hydrogen-bond acceptors (Lipinski definition) is 4. The second-order valence-electron chi connectivity index (χ2n) is 6.04. The van der Waals surface area contributed by atoms with E-state index in [2.05, 4.69) is 10.0 Å². The maximum Gasteiger partial charge on any atom is 0.261 e. The third kappa shape index (κ3) is 5.59. The number of ether oxygens (including phenoxy) is 1. The van der Waals surface area contributed by atoms with Crippen LogP contribution in [0.5, 0.6) is 0 Å². The van der Waals surface area contributed by atoms with Gasteiger partial charge in [-0.15, -0.1) is 0 Å². The van der Waals surface area contributed by atoms with Crippen molar-refractivity contribution in [2.75, 3.05) is 18.4 Å². The molecule has 0 spiro atoms. The Morgan fingerprint density at radius 2 is 1.85 bits per heavy atom. The average molecular weight is 431 g/mol. The second-order valence-corrected chi connectivity index (χ2v) is 8.54. The van der Waals surface area contributed by atoms with E-state index in [0.29, 0.717) is 17.3 Å². The standard InChI is InChI=1S/C18H20Cl2N2O4S/c1-11-4-5-13(8-17(11)20)22-27(24,25)14-6-7-16(19)15(9-14)18(23)21-12(2)10-26-3/h4-9,12,22H,10H2,1-3H3,(H,21,23). The molecule has 2 aromatic rings. The van der Waals surface area contributed by atoms with E-state index < -0.39 is 15.9 Å². The van der Waals surface area contributed by atoms with E-state index in [-0.39, 0.29) is 21.5 Å². The van der Waals surface area contributed by atoms with Gasteiger partial charge in [-0.2, -0.15) is 0 Å². The van der Waals surface area contributed by atoms with E-state index in [0.717, 1.165) is 5.56 Å². The summed E-state index contributed by atoms with van der Waals surface area (Å²) in [7, 11) is -2.41. The fourth-order valence-electron chi connectivity index (χ4n) is 2.31. The molecule has 0 aliphatic rings. The van der Waals surface area contributed by atoms with Crippen LogP contribution in [0.4, 0.5) is 5.69 Å². The molecule has 0 aliphatic carbocycles. The van der Waals surface area contributed by atoms with Gasteiger partial charge in [0.2, 0.25) is 0 Å². The van der Waals surface area contributed by atoms with E-state index in [9.17, 15) is 13.2 Å². The van der Waals surface area contributed by atoms with Gasteiger partial charge in [-0.05, 0) is 49.7 Å². The van der Waals surface area contributed by atoms with Gasteiger partial charge >= 0.3 is 0 Å². The van der Waals surface area contributed by atoms with Crippen molar-refractivity contribution in [2.45, 2.75) is 24.8 Å². The summed E-state index contributed by atoms with van der Waals surface area (Å²) in [5.41, 5.74) is 1.21. The van der Waals surface area contributed by atoms with Crippen LogP contribution in [0.1, 0.15) is 22.8 Å². The Bertz CT molecular complexity index is 948. The van der Waals surface area contributed by atoms with Crippen LogP contribution < -0.4 is 10.0 Å². The monoisotopic (exact) mass is 430 g/mol. The van der Waals surface area contributed by atoms with Crippen LogP contribution in [0.15, 0.2) is 41.3 Å². The number of methoxy groups -OCH3 is 1. The number of rotatable bonds is 7. The highest BCUT2D eigenvalue weighted by Crippen LogP contribution is 2.25. The SMILES string of the molecule is COCC(C)NC(=O)c1cc(S(=O)(=O)Nc2ccc(C)c(Cl)c2)ccc1Cl. The van der Waals surface area contributed by atoms with Gasteiger partial charge in [0.05, 0.1) is 27.8 Å². The zero-order valence-corrected chi connectivity index (χ0v) is 17.4. The summed E-state index contributed by atoms with van der Waals surface area (Å²) in [6, 6.07) is 8.50. The van der Waals surface area contributed by atoms with Gasteiger partial charge in [-0.1, -0.05) is 29.3 Å². The molecule has 1 atom stereocenters. The molecule has 1 unspecified atom stereocenters. The maximum atomic E-state index is 12.7. The van der Waals surface area contributed by atoms with Gasteiger partial charge in [0.1, 0.15) is 0 Å². The molecule has 0 bridgehead atoms. The third-order valence-electron chi connectivity index (χ3n) is 3.71. The van der Waals surface area contributed by atoms with Crippen molar-refractivity contribution in [3.63, 3.8) is 0 Å². The van der Waals surface area contributed by atoms with Crippen LogP contribution in [0.25, 0.3) is 0 Å². The van der Waals surface area contributed by atoms with E-state index in [1.165, 1.54) is 31.4 Å². The second kappa shape index (κ2) is 8.93.